The van der Waals surface area contributed by atoms with Gasteiger partial charge in [-0.25, -0.2) is 0 Å². The number of azo groups is 2. The molecule has 0 atom stereocenters. The Morgan fingerprint density at radius 3 is 1.51 bits per heavy atom. The summed E-state index contributed by atoms with van der Waals surface area (Å²) in [6, 6.07) is 18.4. The van der Waals surface area contributed by atoms with Gasteiger partial charge in [-0.1, -0.05) is 12.1 Å². The van der Waals surface area contributed by atoms with E-state index < -0.39 is 20.2 Å². The molecule has 3 N–H and O–H groups in total. The summed E-state index contributed by atoms with van der Waals surface area (Å²) in [5.41, 5.74) is 1.42. The lowest BCUT2D eigenvalue weighted by atomic mass is 10.1. The largest absolute Gasteiger partial charge is 0.506 e. The first-order valence-electron chi connectivity index (χ1n) is 9.75. The van der Waals surface area contributed by atoms with Crippen LogP contribution in [0.5, 0.6) is 5.75 Å². The number of aromatic hydroxyl groups is 1. The summed E-state index contributed by atoms with van der Waals surface area (Å²) in [7, 11) is -8.66. The van der Waals surface area contributed by atoms with Crippen molar-refractivity contribution >= 4 is 53.8 Å². The van der Waals surface area contributed by atoms with Crippen LogP contribution in [0.3, 0.4) is 0 Å². The molecule has 0 heterocycles. The molecule has 0 bridgehead atoms. The molecule has 0 amide bonds. The van der Waals surface area contributed by atoms with Crippen LogP contribution in [0.15, 0.2) is 109 Å². The Bertz CT molecular complexity index is 1680. The van der Waals surface area contributed by atoms with Gasteiger partial charge in [0, 0.05) is 5.39 Å². The average Bonchev–Trinajstić information content (AvgIpc) is 2.81. The average molecular weight is 513 g/mol. The summed E-state index contributed by atoms with van der Waals surface area (Å²) in [6.45, 7) is 0. The van der Waals surface area contributed by atoms with Crippen molar-refractivity contribution in [3.63, 3.8) is 0 Å². The van der Waals surface area contributed by atoms with Gasteiger partial charge in [0.05, 0.1) is 26.9 Å². The summed E-state index contributed by atoms with van der Waals surface area (Å²) >= 11 is 0. The third kappa shape index (κ3) is 5.73. The second-order valence-corrected chi connectivity index (χ2v) is 10.0. The van der Waals surface area contributed by atoms with E-state index in [9.17, 15) is 26.5 Å². The van der Waals surface area contributed by atoms with Gasteiger partial charge in [-0.2, -0.15) is 32.2 Å². The molecule has 0 saturated carbocycles. The molecule has 11 nitrogen and oxygen atoms in total. The zero-order valence-electron chi connectivity index (χ0n) is 17.6. The lowest BCUT2D eigenvalue weighted by Gasteiger charge is -2.05. The van der Waals surface area contributed by atoms with Gasteiger partial charge >= 0.3 is 0 Å². The predicted octanol–water partition coefficient (Wildman–Crippen LogP) is 5.87. The Hall–Kier alpha value is -4.04. The van der Waals surface area contributed by atoms with E-state index in [0.29, 0.717) is 27.8 Å². The molecule has 4 aromatic carbocycles. The van der Waals surface area contributed by atoms with E-state index in [0.717, 1.165) is 0 Å². The maximum absolute atomic E-state index is 11.4. The SMILES string of the molecule is O=S(=O)(O)c1ccc(/N=N/c2ccc(/N=N/c3c(O)ccc4cc(S(=O)(=O)O)ccc34)cc2)cc1. The highest BCUT2D eigenvalue weighted by Gasteiger charge is 2.13. The molecule has 0 aliphatic carbocycles. The van der Waals surface area contributed by atoms with E-state index >= 15 is 0 Å². The molecule has 4 aromatic rings. The Labute approximate surface area is 199 Å². The number of fused-ring (bicyclic) bond motifs is 1. The molecule has 0 spiro atoms. The van der Waals surface area contributed by atoms with E-state index in [1.165, 1.54) is 54.6 Å². The number of phenolic OH excluding ortho intramolecular Hbond substituents is 1. The quantitative estimate of drug-likeness (QED) is 0.213. The van der Waals surface area contributed by atoms with E-state index in [1.54, 1.807) is 24.3 Å². The fourth-order valence-electron chi connectivity index (χ4n) is 3.04. The molecule has 35 heavy (non-hydrogen) atoms. The van der Waals surface area contributed by atoms with Crippen molar-refractivity contribution in [1.82, 2.24) is 0 Å². The maximum atomic E-state index is 11.4. The fraction of sp³-hybridized carbons (Fsp3) is 0. The summed E-state index contributed by atoms with van der Waals surface area (Å²) in [6.07, 6.45) is 0. The molecule has 178 valence electrons. The first kappa shape index (κ1) is 24.1. The highest BCUT2D eigenvalue weighted by molar-refractivity contribution is 7.86. The van der Waals surface area contributed by atoms with Crippen molar-refractivity contribution in [1.29, 1.82) is 0 Å². The second kappa shape index (κ2) is 9.31. The van der Waals surface area contributed by atoms with Gasteiger partial charge < -0.3 is 5.11 Å². The minimum Gasteiger partial charge on any atom is -0.506 e. The van der Waals surface area contributed by atoms with Gasteiger partial charge in [-0.15, -0.1) is 5.11 Å². The number of rotatable bonds is 6. The van der Waals surface area contributed by atoms with Crippen LogP contribution < -0.4 is 0 Å². The third-order valence-corrected chi connectivity index (χ3v) is 6.49. The summed E-state index contributed by atoms with van der Waals surface area (Å²) < 4.78 is 63.1. The van der Waals surface area contributed by atoms with Crippen LogP contribution in [-0.4, -0.2) is 31.0 Å². The molecule has 0 fully saturated rings. The molecule has 0 aliphatic rings. The Kier molecular flexibility index (Phi) is 6.41. The minimum atomic E-state index is -4.37. The molecule has 0 unspecified atom stereocenters. The predicted molar refractivity (Wildman–Crippen MR) is 126 cm³/mol. The van der Waals surface area contributed by atoms with Crippen molar-refractivity contribution in [3.05, 3.63) is 78.9 Å². The molecule has 0 radical (unpaired) electrons. The molecule has 0 aromatic heterocycles. The second-order valence-electron chi connectivity index (χ2n) is 7.18. The standard InChI is InChI=1S/C22H16N4O7S2/c27-21-12-1-14-13-19(35(31,32)33)10-11-20(14)22(21)26-25-16-4-2-15(3-5-16)23-24-17-6-8-18(9-7-17)34(28,29)30/h1-13,27H,(H,28,29,30)(H,31,32,33)/b24-23+,26-25+. The van der Waals surface area contributed by atoms with Crippen LogP contribution in [0.25, 0.3) is 10.8 Å². The summed E-state index contributed by atoms with van der Waals surface area (Å²) in [5, 5.41) is 27.3. The number of phenols is 1. The summed E-state index contributed by atoms with van der Waals surface area (Å²) in [4.78, 5) is -0.528. The fourth-order valence-corrected chi connectivity index (χ4v) is 4.04. The van der Waals surface area contributed by atoms with Gasteiger partial charge in [0.15, 0.2) is 0 Å². The number of hydrogen-bond donors (Lipinski definition) is 3. The highest BCUT2D eigenvalue weighted by atomic mass is 32.2. The summed E-state index contributed by atoms with van der Waals surface area (Å²) in [5.74, 6) is -0.161. The molecule has 0 aliphatic heterocycles. The van der Waals surface area contributed by atoms with Crippen LogP contribution in [0.2, 0.25) is 0 Å². The number of benzene rings is 4. The maximum Gasteiger partial charge on any atom is 0.294 e. The van der Waals surface area contributed by atoms with Gasteiger partial charge in [-0.05, 0) is 72.1 Å². The zero-order valence-corrected chi connectivity index (χ0v) is 19.2. The molecule has 13 heteroatoms. The number of hydrogen-bond acceptors (Lipinski definition) is 9. The van der Waals surface area contributed by atoms with Gasteiger partial charge in [0.2, 0.25) is 0 Å². The first-order valence-corrected chi connectivity index (χ1v) is 12.6. The normalized spacial score (nSPS) is 12.6. The van der Waals surface area contributed by atoms with Crippen molar-refractivity contribution in [2.24, 2.45) is 20.5 Å². The number of nitrogens with zero attached hydrogens (tertiary/aromatic N) is 4. The van der Waals surface area contributed by atoms with Gasteiger partial charge in [0.25, 0.3) is 20.2 Å². The van der Waals surface area contributed by atoms with Crippen molar-refractivity contribution in [2.75, 3.05) is 0 Å². The third-order valence-electron chi connectivity index (χ3n) is 4.77. The first-order chi connectivity index (χ1) is 16.5. The van der Waals surface area contributed by atoms with Crippen LogP contribution in [0.1, 0.15) is 0 Å². The van der Waals surface area contributed by atoms with E-state index in [-0.39, 0.29) is 21.2 Å². The van der Waals surface area contributed by atoms with Crippen LogP contribution in [0, 0.1) is 0 Å². The lowest BCUT2D eigenvalue weighted by molar-refractivity contribution is 0.477. The Morgan fingerprint density at radius 1 is 0.543 bits per heavy atom. The van der Waals surface area contributed by atoms with Crippen molar-refractivity contribution < 1.29 is 31.0 Å². The van der Waals surface area contributed by atoms with E-state index in [4.69, 9.17) is 4.55 Å². The van der Waals surface area contributed by atoms with Crippen molar-refractivity contribution in [3.8, 4) is 5.75 Å². The molecular weight excluding hydrogens is 496 g/mol. The smallest absolute Gasteiger partial charge is 0.294 e. The Morgan fingerprint density at radius 2 is 1.00 bits per heavy atom. The Balaban J connectivity index is 1.53. The topological polar surface area (TPSA) is 178 Å². The lowest BCUT2D eigenvalue weighted by Crippen LogP contribution is -1.97. The zero-order chi connectivity index (χ0) is 25.2. The van der Waals surface area contributed by atoms with Gasteiger partial charge in [0.1, 0.15) is 11.4 Å². The highest BCUT2D eigenvalue weighted by Crippen LogP contribution is 2.37. The minimum absolute atomic E-state index is 0.126. The van der Waals surface area contributed by atoms with Crippen LogP contribution in [0.4, 0.5) is 22.7 Å². The monoisotopic (exact) mass is 512 g/mol. The van der Waals surface area contributed by atoms with E-state index in [1.807, 2.05) is 0 Å². The van der Waals surface area contributed by atoms with E-state index in [2.05, 4.69) is 20.5 Å². The molecule has 0 saturated heterocycles. The van der Waals surface area contributed by atoms with Crippen LogP contribution >= 0.6 is 0 Å². The van der Waals surface area contributed by atoms with Gasteiger partial charge in [-0.3, -0.25) is 9.11 Å². The van der Waals surface area contributed by atoms with Crippen molar-refractivity contribution in [2.45, 2.75) is 9.79 Å². The molecular formula is C22H16N4O7S2. The molecule has 4 rings (SSSR count). The van der Waals surface area contributed by atoms with Crippen LogP contribution in [-0.2, 0) is 20.2 Å².